The van der Waals surface area contributed by atoms with E-state index in [4.69, 9.17) is 5.11 Å². The summed E-state index contributed by atoms with van der Waals surface area (Å²) < 4.78 is 0. The summed E-state index contributed by atoms with van der Waals surface area (Å²) in [5.74, 6) is -0.757. The van der Waals surface area contributed by atoms with Crippen molar-refractivity contribution in [3.05, 3.63) is 0 Å². The Morgan fingerprint density at radius 1 is 1.35 bits per heavy atom. The summed E-state index contributed by atoms with van der Waals surface area (Å²) in [5, 5.41) is 9.01. The number of nitrogens with zero attached hydrogens (tertiary/aromatic N) is 2. The molecule has 0 saturated carbocycles. The van der Waals surface area contributed by atoms with E-state index in [1.54, 1.807) is 4.90 Å². The molecule has 17 heavy (non-hydrogen) atoms. The van der Waals surface area contributed by atoms with Crippen LogP contribution >= 0.6 is 0 Å². The van der Waals surface area contributed by atoms with Gasteiger partial charge in [-0.15, -0.1) is 0 Å². The number of hydrogen-bond donors (Lipinski definition) is 1. The van der Waals surface area contributed by atoms with Crippen molar-refractivity contribution in [2.45, 2.75) is 38.3 Å². The highest BCUT2D eigenvalue weighted by Gasteiger charge is 2.39. The molecular weight excluding hydrogens is 220 g/mol. The van der Waals surface area contributed by atoms with Gasteiger partial charge in [0.1, 0.15) is 0 Å². The Morgan fingerprint density at radius 2 is 2.06 bits per heavy atom. The van der Waals surface area contributed by atoms with E-state index in [2.05, 4.69) is 4.90 Å². The predicted molar refractivity (Wildman–Crippen MR) is 62.6 cm³/mol. The Bertz CT molecular complexity index is 332. The molecule has 2 rings (SSSR count). The summed E-state index contributed by atoms with van der Waals surface area (Å²) in [7, 11) is 1.83. The molecule has 5 nitrogen and oxygen atoms in total. The SMILES string of the molecule is CC1CC(C(=O)O)CCN1C1CCN(C)C1=O. The number of hydrogen-bond acceptors (Lipinski definition) is 3. The molecule has 2 saturated heterocycles. The van der Waals surface area contributed by atoms with Crippen LogP contribution in [0.5, 0.6) is 0 Å². The molecular formula is C12H20N2O3. The Morgan fingerprint density at radius 3 is 2.53 bits per heavy atom. The van der Waals surface area contributed by atoms with Crippen LogP contribution in [0.15, 0.2) is 0 Å². The third kappa shape index (κ3) is 2.29. The zero-order valence-electron chi connectivity index (χ0n) is 10.4. The highest BCUT2D eigenvalue weighted by atomic mass is 16.4. The van der Waals surface area contributed by atoms with Crippen LogP contribution in [0.1, 0.15) is 26.2 Å². The molecule has 0 aromatic carbocycles. The van der Waals surface area contributed by atoms with Gasteiger partial charge in [-0.05, 0) is 26.2 Å². The fourth-order valence-corrected chi connectivity index (χ4v) is 2.99. The fourth-order valence-electron chi connectivity index (χ4n) is 2.99. The van der Waals surface area contributed by atoms with Crippen molar-refractivity contribution in [1.82, 2.24) is 9.80 Å². The largest absolute Gasteiger partial charge is 0.481 e. The Labute approximate surface area is 101 Å². The number of carbonyl (C=O) groups excluding carboxylic acids is 1. The highest BCUT2D eigenvalue weighted by molar-refractivity contribution is 5.83. The van der Waals surface area contributed by atoms with Gasteiger partial charge in [-0.3, -0.25) is 14.5 Å². The van der Waals surface area contributed by atoms with E-state index in [-0.39, 0.29) is 23.9 Å². The summed E-state index contributed by atoms with van der Waals surface area (Å²) in [5.41, 5.74) is 0. The zero-order valence-corrected chi connectivity index (χ0v) is 10.4. The maximum Gasteiger partial charge on any atom is 0.306 e. The summed E-state index contributed by atoms with van der Waals surface area (Å²) >= 11 is 0. The molecule has 2 fully saturated rings. The molecule has 2 heterocycles. The predicted octanol–water partition coefficient (Wildman–Crippen LogP) is 0.402. The molecule has 0 aromatic heterocycles. The van der Waals surface area contributed by atoms with Crippen molar-refractivity contribution >= 4 is 11.9 Å². The van der Waals surface area contributed by atoms with Gasteiger partial charge in [0.15, 0.2) is 0 Å². The lowest BCUT2D eigenvalue weighted by Gasteiger charge is -2.39. The number of carboxylic acid groups (broad SMARTS) is 1. The number of likely N-dealkylation sites (tertiary alicyclic amines) is 2. The zero-order chi connectivity index (χ0) is 12.6. The second kappa shape index (κ2) is 4.64. The third-order valence-corrected chi connectivity index (χ3v) is 4.08. The Balaban J connectivity index is 2.00. The minimum absolute atomic E-state index is 0.0234. The number of piperidine rings is 1. The summed E-state index contributed by atoms with van der Waals surface area (Å²) in [6.07, 6.45) is 2.19. The monoisotopic (exact) mass is 240 g/mol. The first-order chi connectivity index (χ1) is 8.00. The Kier molecular flexibility index (Phi) is 3.38. The van der Waals surface area contributed by atoms with E-state index >= 15 is 0 Å². The number of carbonyl (C=O) groups is 2. The standard InChI is InChI=1S/C12H20N2O3/c1-8-7-9(12(16)17)3-6-14(8)10-4-5-13(2)11(10)15/h8-10H,3-7H2,1-2H3,(H,16,17). The average Bonchev–Trinajstić information content (AvgIpc) is 2.60. The van der Waals surface area contributed by atoms with Crippen LogP contribution in [0.25, 0.3) is 0 Å². The van der Waals surface area contributed by atoms with Crippen molar-refractivity contribution in [1.29, 1.82) is 0 Å². The van der Waals surface area contributed by atoms with Gasteiger partial charge >= 0.3 is 5.97 Å². The van der Waals surface area contributed by atoms with Crippen LogP contribution in [0.2, 0.25) is 0 Å². The number of rotatable bonds is 2. The van der Waals surface area contributed by atoms with Crippen LogP contribution in [0.3, 0.4) is 0 Å². The lowest BCUT2D eigenvalue weighted by atomic mass is 9.90. The van der Waals surface area contributed by atoms with E-state index < -0.39 is 5.97 Å². The van der Waals surface area contributed by atoms with E-state index in [0.717, 1.165) is 19.5 Å². The molecule has 0 radical (unpaired) electrons. The van der Waals surface area contributed by atoms with Crippen LogP contribution in [0.4, 0.5) is 0 Å². The molecule has 1 amide bonds. The van der Waals surface area contributed by atoms with Crippen LogP contribution < -0.4 is 0 Å². The minimum atomic E-state index is -0.702. The van der Waals surface area contributed by atoms with E-state index in [1.807, 2.05) is 14.0 Å². The first kappa shape index (κ1) is 12.4. The third-order valence-electron chi connectivity index (χ3n) is 4.08. The number of carboxylic acids is 1. The molecule has 1 N–H and O–H groups in total. The fraction of sp³-hybridized carbons (Fsp3) is 0.833. The summed E-state index contributed by atoms with van der Waals surface area (Å²) in [6, 6.07) is 0.162. The van der Waals surface area contributed by atoms with Gasteiger partial charge < -0.3 is 10.0 Å². The quantitative estimate of drug-likeness (QED) is 0.759. The first-order valence-corrected chi connectivity index (χ1v) is 6.24. The van der Waals surface area contributed by atoms with Crippen LogP contribution in [-0.4, -0.2) is 59.0 Å². The summed E-state index contributed by atoms with van der Waals surface area (Å²) in [4.78, 5) is 26.8. The van der Waals surface area contributed by atoms with Crippen LogP contribution in [0, 0.1) is 5.92 Å². The van der Waals surface area contributed by atoms with Gasteiger partial charge in [0.05, 0.1) is 12.0 Å². The molecule has 0 spiro atoms. The molecule has 2 aliphatic heterocycles. The van der Waals surface area contributed by atoms with E-state index in [9.17, 15) is 9.59 Å². The second-order valence-electron chi connectivity index (χ2n) is 5.21. The molecule has 2 aliphatic rings. The normalized spacial score (nSPS) is 35.3. The highest BCUT2D eigenvalue weighted by Crippen LogP contribution is 2.28. The average molecular weight is 240 g/mol. The molecule has 3 unspecified atom stereocenters. The second-order valence-corrected chi connectivity index (χ2v) is 5.21. The number of aliphatic carboxylic acids is 1. The molecule has 5 heteroatoms. The van der Waals surface area contributed by atoms with Gasteiger partial charge in [0.25, 0.3) is 0 Å². The van der Waals surface area contributed by atoms with Crippen molar-refractivity contribution in [2.75, 3.05) is 20.1 Å². The minimum Gasteiger partial charge on any atom is -0.481 e. The van der Waals surface area contributed by atoms with Crippen molar-refractivity contribution in [2.24, 2.45) is 5.92 Å². The summed E-state index contributed by atoms with van der Waals surface area (Å²) in [6.45, 7) is 3.57. The number of amides is 1. The lowest BCUT2D eigenvalue weighted by Crippen LogP contribution is -2.50. The van der Waals surface area contributed by atoms with E-state index in [1.165, 1.54) is 0 Å². The van der Waals surface area contributed by atoms with E-state index in [0.29, 0.717) is 12.8 Å². The van der Waals surface area contributed by atoms with Gasteiger partial charge in [0.2, 0.25) is 5.91 Å². The maximum atomic E-state index is 11.9. The van der Waals surface area contributed by atoms with Gasteiger partial charge in [-0.1, -0.05) is 0 Å². The molecule has 0 bridgehead atoms. The Hall–Kier alpha value is -1.10. The number of likely N-dealkylation sites (N-methyl/N-ethyl adjacent to an activating group) is 1. The van der Waals surface area contributed by atoms with Crippen molar-refractivity contribution in [3.8, 4) is 0 Å². The van der Waals surface area contributed by atoms with Gasteiger partial charge in [0, 0.05) is 26.2 Å². The smallest absolute Gasteiger partial charge is 0.306 e. The van der Waals surface area contributed by atoms with Crippen LogP contribution in [-0.2, 0) is 9.59 Å². The molecule has 96 valence electrons. The molecule has 0 aromatic rings. The topological polar surface area (TPSA) is 60.9 Å². The van der Waals surface area contributed by atoms with Gasteiger partial charge in [-0.25, -0.2) is 0 Å². The molecule has 3 atom stereocenters. The molecule has 0 aliphatic carbocycles. The lowest BCUT2D eigenvalue weighted by molar-refractivity contribution is -0.144. The first-order valence-electron chi connectivity index (χ1n) is 6.24. The van der Waals surface area contributed by atoms with Crippen molar-refractivity contribution in [3.63, 3.8) is 0 Å². The van der Waals surface area contributed by atoms with Crippen molar-refractivity contribution < 1.29 is 14.7 Å². The van der Waals surface area contributed by atoms with Gasteiger partial charge in [-0.2, -0.15) is 0 Å². The maximum absolute atomic E-state index is 11.9.